The highest BCUT2D eigenvalue weighted by atomic mass is 32.1. The molecule has 4 rings (SSSR count). The van der Waals surface area contributed by atoms with Crippen LogP contribution in [-0.2, 0) is 0 Å². The summed E-state index contributed by atoms with van der Waals surface area (Å²) >= 11 is 1.65. The number of hydrogen-bond acceptors (Lipinski definition) is 6. The van der Waals surface area contributed by atoms with E-state index in [9.17, 15) is 5.11 Å². The number of nitrogens with zero attached hydrogens (tertiary/aromatic N) is 2. The molecule has 0 aliphatic rings. The first-order valence-corrected chi connectivity index (χ1v) is 9.28. The summed E-state index contributed by atoms with van der Waals surface area (Å²) in [5.41, 5.74) is 7.26. The van der Waals surface area contributed by atoms with Crippen molar-refractivity contribution in [2.45, 2.75) is 0 Å². The molecule has 3 aromatic carbocycles. The third-order valence-electron chi connectivity index (χ3n) is 4.26. The molecule has 0 radical (unpaired) electrons. The summed E-state index contributed by atoms with van der Waals surface area (Å²) in [6.07, 6.45) is 0. The van der Waals surface area contributed by atoms with Crippen molar-refractivity contribution >= 4 is 32.9 Å². The molecule has 4 aromatic rings. The van der Waals surface area contributed by atoms with E-state index < -0.39 is 0 Å². The van der Waals surface area contributed by atoms with E-state index in [0.29, 0.717) is 0 Å². The highest BCUT2D eigenvalue weighted by Crippen LogP contribution is 2.33. The number of aromatic hydroxyl groups is 1. The van der Waals surface area contributed by atoms with Gasteiger partial charge in [0.05, 0.1) is 28.7 Å². The number of ether oxygens (including phenoxy) is 1. The highest BCUT2D eigenvalue weighted by molar-refractivity contribution is 7.21. The van der Waals surface area contributed by atoms with Gasteiger partial charge in [0, 0.05) is 12.6 Å². The number of hydrazine groups is 1. The summed E-state index contributed by atoms with van der Waals surface area (Å²) in [7, 11) is 3.62. The van der Waals surface area contributed by atoms with Crippen LogP contribution < -0.4 is 15.2 Å². The number of phenolic OH excluding ortho intramolecular Hbond substituents is 1. The molecule has 0 spiro atoms. The largest absolute Gasteiger partial charge is 0.508 e. The number of thiazole rings is 1. The van der Waals surface area contributed by atoms with Gasteiger partial charge in [-0.3, -0.25) is 10.4 Å². The van der Waals surface area contributed by atoms with Crippen LogP contribution in [-0.4, -0.2) is 24.2 Å². The van der Waals surface area contributed by atoms with E-state index in [4.69, 9.17) is 9.72 Å². The molecule has 0 amide bonds. The molecule has 0 atom stereocenters. The second-order valence-electron chi connectivity index (χ2n) is 6.12. The second-order valence-corrected chi connectivity index (χ2v) is 7.15. The molecular formula is C21H19N3O2S. The van der Waals surface area contributed by atoms with Crippen LogP contribution in [0.25, 0.3) is 20.8 Å². The van der Waals surface area contributed by atoms with Gasteiger partial charge in [-0.15, -0.1) is 11.3 Å². The van der Waals surface area contributed by atoms with Gasteiger partial charge in [0.15, 0.2) is 0 Å². The van der Waals surface area contributed by atoms with Crippen molar-refractivity contribution in [3.8, 4) is 22.1 Å². The topological polar surface area (TPSA) is 57.6 Å². The molecule has 0 saturated carbocycles. The van der Waals surface area contributed by atoms with Crippen molar-refractivity contribution in [2.75, 3.05) is 24.6 Å². The lowest BCUT2D eigenvalue weighted by Crippen LogP contribution is -2.24. The molecule has 0 fully saturated rings. The van der Waals surface area contributed by atoms with E-state index in [1.54, 1.807) is 30.6 Å². The quantitative estimate of drug-likeness (QED) is 0.372. The Bertz CT molecular complexity index is 1060. The number of hydrogen-bond donors (Lipinski definition) is 2. The summed E-state index contributed by atoms with van der Waals surface area (Å²) in [6.45, 7) is 0. The molecule has 5 nitrogen and oxygen atoms in total. The van der Waals surface area contributed by atoms with Crippen LogP contribution in [0.3, 0.4) is 0 Å². The lowest BCUT2D eigenvalue weighted by molar-refractivity contribution is 0.415. The van der Waals surface area contributed by atoms with Gasteiger partial charge < -0.3 is 9.84 Å². The van der Waals surface area contributed by atoms with Crippen LogP contribution >= 0.6 is 11.3 Å². The van der Waals surface area contributed by atoms with E-state index in [-0.39, 0.29) is 5.75 Å². The Morgan fingerprint density at radius 1 is 1.00 bits per heavy atom. The van der Waals surface area contributed by atoms with Crippen LogP contribution in [0.4, 0.5) is 11.4 Å². The Morgan fingerprint density at radius 2 is 1.74 bits per heavy atom. The number of rotatable bonds is 5. The minimum Gasteiger partial charge on any atom is -0.508 e. The fourth-order valence-corrected chi connectivity index (χ4v) is 3.78. The SMILES string of the molecule is COc1ccc2nc(-c3ccc(N(C)Nc4ccc(O)cc4)cc3)sc2c1. The van der Waals surface area contributed by atoms with Crippen LogP contribution in [0.5, 0.6) is 11.5 Å². The average molecular weight is 377 g/mol. The van der Waals surface area contributed by atoms with E-state index >= 15 is 0 Å². The van der Waals surface area contributed by atoms with Crippen molar-refractivity contribution in [2.24, 2.45) is 0 Å². The number of anilines is 2. The van der Waals surface area contributed by atoms with Crippen molar-refractivity contribution in [1.82, 2.24) is 4.98 Å². The smallest absolute Gasteiger partial charge is 0.124 e. The van der Waals surface area contributed by atoms with Gasteiger partial charge in [0.2, 0.25) is 0 Å². The molecule has 2 N–H and O–H groups in total. The van der Waals surface area contributed by atoms with Crippen molar-refractivity contribution < 1.29 is 9.84 Å². The minimum absolute atomic E-state index is 0.251. The Labute approximate surface area is 161 Å². The number of benzene rings is 3. The van der Waals surface area contributed by atoms with Gasteiger partial charge in [-0.25, -0.2) is 4.98 Å². The maximum Gasteiger partial charge on any atom is 0.124 e. The van der Waals surface area contributed by atoms with Crippen LogP contribution in [0.1, 0.15) is 0 Å². The van der Waals surface area contributed by atoms with Crippen molar-refractivity contribution in [1.29, 1.82) is 0 Å². The molecule has 27 heavy (non-hydrogen) atoms. The summed E-state index contributed by atoms with van der Waals surface area (Å²) in [6, 6.07) is 21.1. The third kappa shape index (κ3) is 3.66. The maximum atomic E-state index is 9.38. The summed E-state index contributed by atoms with van der Waals surface area (Å²) < 4.78 is 6.40. The number of aromatic nitrogens is 1. The molecule has 1 aromatic heterocycles. The first kappa shape index (κ1) is 17.2. The van der Waals surface area contributed by atoms with E-state index in [0.717, 1.165) is 37.9 Å². The molecule has 6 heteroatoms. The van der Waals surface area contributed by atoms with Crippen LogP contribution in [0.2, 0.25) is 0 Å². The first-order valence-electron chi connectivity index (χ1n) is 8.47. The Kier molecular flexibility index (Phi) is 4.56. The number of methoxy groups -OCH3 is 1. The van der Waals surface area contributed by atoms with Crippen LogP contribution in [0.15, 0.2) is 66.7 Å². The molecular weight excluding hydrogens is 358 g/mol. The average Bonchev–Trinajstić information content (AvgIpc) is 3.13. The van der Waals surface area contributed by atoms with E-state index in [2.05, 4.69) is 29.7 Å². The van der Waals surface area contributed by atoms with Gasteiger partial charge in [-0.05, 0) is 66.7 Å². The Balaban J connectivity index is 1.53. The van der Waals surface area contributed by atoms with E-state index in [1.165, 1.54) is 0 Å². The normalized spacial score (nSPS) is 10.7. The van der Waals surface area contributed by atoms with Gasteiger partial charge in [-0.2, -0.15) is 0 Å². The Morgan fingerprint density at radius 3 is 2.44 bits per heavy atom. The molecule has 1 heterocycles. The third-order valence-corrected chi connectivity index (χ3v) is 5.33. The zero-order valence-electron chi connectivity index (χ0n) is 15.0. The monoisotopic (exact) mass is 377 g/mol. The van der Waals surface area contributed by atoms with Crippen LogP contribution in [0, 0.1) is 0 Å². The van der Waals surface area contributed by atoms with Gasteiger partial charge in [-0.1, -0.05) is 0 Å². The van der Waals surface area contributed by atoms with Gasteiger partial charge in [0.25, 0.3) is 0 Å². The standard InChI is InChI=1S/C21H19N3O2S/c1-24(23-15-5-9-17(25)10-6-15)16-7-3-14(4-8-16)21-22-19-12-11-18(26-2)13-20(19)27-21/h3-13,23,25H,1-2H3. The van der Waals surface area contributed by atoms with Crippen molar-refractivity contribution in [3.05, 3.63) is 66.7 Å². The predicted molar refractivity (Wildman–Crippen MR) is 112 cm³/mol. The molecule has 0 aliphatic carbocycles. The minimum atomic E-state index is 0.251. The highest BCUT2D eigenvalue weighted by Gasteiger charge is 2.08. The molecule has 0 saturated heterocycles. The lowest BCUT2D eigenvalue weighted by Gasteiger charge is -2.21. The number of fused-ring (bicyclic) bond motifs is 1. The van der Waals surface area contributed by atoms with E-state index in [1.807, 2.05) is 42.4 Å². The summed E-state index contributed by atoms with van der Waals surface area (Å²) in [5, 5.41) is 12.3. The Hall–Kier alpha value is -3.25. The predicted octanol–water partition coefficient (Wildman–Crippen LogP) is 5.14. The number of phenols is 1. The molecule has 0 unspecified atom stereocenters. The molecule has 136 valence electrons. The lowest BCUT2D eigenvalue weighted by atomic mass is 10.2. The first-order chi connectivity index (χ1) is 13.1. The second kappa shape index (κ2) is 7.17. The fourth-order valence-electron chi connectivity index (χ4n) is 2.78. The zero-order chi connectivity index (χ0) is 18.8. The molecule has 0 aliphatic heterocycles. The molecule has 0 bridgehead atoms. The fraction of sp³-hybridized carbons (Fsp3) is 0.0952. The van der Waals surface area contributed by atoms with Gasteiger partial charge >= 0.3 is 0 Å². The summed E-state index contributed by atoms with van der Waals surface area (Å²) in [5.74, 6) is 1.09. The maximum absolute atomic E-state index is 9.38. The van der Waals surface area contributed by atoms with Crippen molar-refractivity contribution in [3.63, 3.8) is 0 Å². The summed E-state index contributed by atoms with van der Waals surface area (Å²) in [4.78, 5) is 4.72. The zero-order valence-corrected chi connectivity index (χ0v) is 15.8. The van der Waals surface area contributed by atoms with Gasteiger partial charge in [0.1, 0.15) is 16.5 Å². The number of nitrogens with one attached hydrogen (secondary N) is 1.